The number of phenolic OH excluding ortho intramolecular Hbond substituents is 2. The van der Waals surface area contributed by atoms with Crippen molar-refractivity contribution in [2.45, 2.75) is 46.1 Å². The van der Waals surface area contributed by atoms with E-state index in [4.69, 9.17) is 18.0 Å². The smallest absolute Gasteiger partial charge is 0.129 e. The normalized spacial score (nSPS) is 12.4. The molecule has 5 N–H and O–H groups in total. The second kappa shape index (κ2) is 9.49. The zero-order valence-corrected chi connectivity index (χ0v) is 18.7. The fourth-order valence-electron chi connectivity index (χ4n) is 3.81. The molecule has 0 spiro atoms. The molecule has 2 aromatic carbocycles. The van der Waals surface area contributed by atoms with Crippen molar-refractivity contribution in [3.05, 3.63) is 53.7 Å². The Bertz CT molecular complexity index is 1040. The number of nitrogens with zero attached hydrogens (tertiary/aromatic N) is 1. The summed E-state index contributed by atoms with van der Waals surface area (Å²) in [5, 5.41) is 24.7. The number of nitrogens with one attached hydrogen (secondary N) is 1. The van der Waals surface area contributed by atoms with Gasteiger partial charge in [-0.25, -0.2) is 0 Å². The molecule has 30 heavy (non-hydrogen) atoms. The summed E-state index contributed by atoms with van der Waals surface area (Å²) in [5.41, 5.74) is 9.04. The monoisotopic (exact) mass is 425 g/mol. The van der Waals surface area contributed by atoms with Crippen LogP contribution in [0, 0.1) is 5.92 Å². The Morgan fingerprint density at radius 3 is 2.57 bits per heavy atom. The molecule has 0 amide bonds. The minimum Gasteiger partial charge on any atom is -0.508 e. The topological polar surface area (TPSA) is 83.4 Å². The predicted octanol–water partition coefficient (Wildman–Crippen LogP) is 5.34. The van der Waals surface area contributed by atoms with E-state index < -0.39 is 0 Å². The zero-order valence-electron chi connectivity index (χ0n) is 17.9. The van der Waals surface area contributed by atoms with Gasteiger partial charge in [0.2, 0.25) is 0 Å². The van der Waals surface area contributed by atoms with Crippen LogP contribution in [0.15, 0.2) is 42.6 Å². The lowest BCUT2D eigenvalue weighted by atomic mass is 9.99. The van der Waals surface area contributed by atoms with Crippen molar-refractivity contribution in [1.82, 2.24) is 4.57 Å². The molecule has 0 aliphatic heterocycles. The number of aromatic nitrogens is 1. The third-order valence-corrected chi connectivity index (χ3v) is 5.97. The van der Waals surface area contributed by atoms with Crippen molar-refractivity contribution < 1.29 is 10.2 Å². The summed E-state index contributed by atoms with van der Waals surface area (Å²) in [6.45, 7) is 7.86. The standard InChI is InChI=1S/C24H31N3O2S/c1-4-16(7-9-25)14-27-10-8-17-11-18(5-6-21(17)27)26-24(30)20-12-19(15(2)3)22(28)13-23(20)29/h5-6,8,10-13,15-16,28-29H,4,7,9,14,25H2,1-3H3,(H,26,30). The summed E-state index contributed by atoms with van der Waals surface area (Å²) in [7, 11) is 0. The molecule has 5 nitrogen and oxygen atoms in total. The molecule has 6 heteroatoms. The summed E-state index contributed by atoms with van der Waals surface area (Å²) < 4.78 is 2.28. The minimum absolute atomic E-state index is 0.0351. The number of benzene rings is 2. The van der Waals surface area contributed by atoms with Crippen molar-refractivity contribution in [2.24, 2.45) is 11.7 Å². The Hall–Kier alpha value is -2.57. The van der Waals surface area contributed by atoms with Gasteiger partial charge in [0.15, 0.2) is 0 Å². The average Bonchev–Trinajstić information content (AvgIpc) is 3.09. The highest BCUT2D eigenvalue weighted by atomic mass is 32.1. The van der Waals surface area contributed by atoms with Gasteiger partial charge in [0, 0.05) is 35.4 Å². The summed E-state index contributed by atoms with van der Waals surface area (Å²) in [5.74, 6) is 0.738. The van der Waals surface area contributed by atoms with Crippen LogP contribution in [0.25, 0.3) is 10.9 Å². The molecule has 0 aliphatic carbocycles. The number of phenols is 2. The van der Waals surface area contributed by atoms with E-state index in [1.54, 1.807) is 6.07 Å². The van der Waals surface area contributed by atoms with Crippen molar-refractivity contribution >= 4 is 33.8 Å². The van der Waals surface area contributed by atoms with Crippen LogP contribution in [0.2, 0.25) is 0 Å². The van der Waals surface area contributed by atoms with E-state index in [-0.39, 0.29) is 17.4 Å². The Balaban J connectivity index is 1.82. The Morgan fingerprint density at radius 2 is 1.90 bits per heavy atom. The van der Waals surface area contributed by atoms with E-state index in [0.29, 0.717) is 23.0 Å². The van der Waals surface area contributed by atoms with Crippen molar-refractivity contribution in [3.63, 3.8) is 0 Å². The molecule has 1 atom stereocenters. The van der Waals surface area contributed by atoms with Gasteiger partial charge in [-0.05, 0) is 60.7 Å². The number of hydrogen-bond donors (Lipinski definition) is 4. The summed E-state index contributed by atoms with van der Waals surface area (Å²) in [6, 6.07) is 11.4. The first kappa shape index (κ1) is 22.1. The fraction of sp³-hybridized carbons (Fsp3) is 0.375. The highest BCUT2D eigenvalue weighted by molar-refractivity contribution is 7.81. The predicted molar refractivity (Wildman–Crippen MR) is 129 cm³/mol. The van der Waals surface area contributed by atoms with Crippen LogP contribution in [0.5, 0.6) is 11.5 Å². The highest BCUT2D eigenvalue weighted by Gasteiger charge is 2.15. The first-order chi connectivity index (χ1) is 14.3. The van der Waals surface area contributed by atoms with Crippen LogP contribution in [-0.4, -0.2) is 26.3 Å². The van der Waals surface area contributed by atoms with E-state index >= 15 is 0 Å². The maximum Gasteiger partial charge on any atom is 0.129 e. The lowest BCUT2D eigenvalue weighted by molar-refractivity contribution is 0.414. The third kappa shape index (κ3) is 4.77. The Morgan fingerprint density at radius 1 is 1.13 bits per heavy atom. The molecule has 0 radical (unpaired) electrons. The molecule has 0 aliphatic rings. The number of fused-ring (bicyclic) bond motifs is 1. The van der Waals surface area contributed by atoms with E-state index in [2.05, 4.69) is 41.2 Å². The second-order valence-electron chi connectivity index (χ2n) is 8.13. The van der Waals surface area contributed by atoms with Gasteiger partial charge in [-0.1, -0.05) is 39.4 Å². The molecule has 1 unspecified atom stereocenters. The van der Waals surface area contributed by atoms with Crippen LogP contribution in [-0.2, 0) is 6.54 Å². The largest absolute Gasteiger partial charge is 0.508 e. The molecule has 3 aromatic rings. The molecule has 1 heterocycles. The van der Waals surface area contributed by atoms with Crippen LogP contribution in [0.3, 0.4) is 0 Å². The highest BCUT2D eigenvalue weighted by Crippen LogP contribution is 2.33. The van der Waals surface area contributed by atoms with E-state index in [1.165, 1.54) is 11.6 Å². The first-order valence-electron chi connectivity index (χ1n) is 10.5. The van der Waals surface area contributed by atoms with Gasteiger partial charge in [-0.3, -0.25) is 0 Å². The molecule has 3 rings (SSSR count). The van der Waals surface area contributed by atoms with Crippen molar-refractivity contribution in [2.75, 3.05) is 11.9 Å². The van der Waals surface area contributed by atoms with Gasteiger partial charge < -0.3 is 25.8 Å². The molecule has 0 bridgehead atoms. The van der Waals surface area contributed by atoms with Gasteiger partial charge >= 0.3 is 0 Å². The molecular weight excluding hydrogens is 394 g/mol. The van der Waals surface area contributed by atoms with Crippen molar-refractivity contribution in [3.8, 4) is 11.5 Å². The summed E-state index contributed by atoms with van der Waals surface area (Å²) >= 11 is 5.54. The summed E-state index contributed by atoms with van der Waals surface area (Å²) in [6.07, 6.45) is 4.25. The molecule has 0 fully saturated rings. The van der Waals surface area contributed by atoms with E-state index in [9.17, 15) is 10.2 Å². The maximum atomic E-state index is 10.3. The van der Waals surface area contributed by atoms with E-state index in [1.807, 2.05) is 19.9 Å². The molecule has 0 saturated heterocycles. The van der Waals surface area contributed by atoms with Gasteiger partial charge in [-0.15, -0.1) is 0 Å². The van der Waals surface area contributed by atoms with Gasteiger partial charge in [0.25, 0.3) is 0 Å². The number of aromatic hydroxyl groups is 2. The van der Waals surface area contributed by atoms with Crippen LogP contribution >= 0.6 is 12.2 Å². The number of anilines is 1. The molecule has 160 valence electrons. The second-order valence-corrected chi connectivity index (χ2v) is 8.54. The molecule has 1 aromatic heterocycles. The SMILES string of the molecule is CCC(CCN)Cn1ccc2cc(NC(=S)c3cc(C(C)C)c(O)cc3O)ccc21. The Kier molecular flexibility index (Phi) is 7.00. The number of thiocarbonyl (C=S) groups is 1. The lowest BCUT2D eigenvalue weighted by Crippen LogP contribution is -2.14. The first-order valence-corrected chi connectivity index (χ1v) is 10.9. The Labute approximate surface area is 183 Å². The van der Waals surface area contributed by atoms with Gasteiger partial charge in [0.1, 0.15) is 16.5 Å². The number of nitrogens with two attached hydrogens (primary N) is 1. The zero-order chi connectivity index (χ0) is 21.8. The van der Waals surface area contributed by atoms with Gasteiger partial charge in [-0.2, -0.15) is 0 Å². The van der Waals surface area contributed by atoms with Crippen molar-refractivity contribution in [1.29, 1.82) is 0 Å². The van der Waals surface area contributed by atoms with E-state index in [0.717, 1.165) is 36.0 Å². The minimum atomic E-state index is -0.0351. The molecular formula is C24H31N3O2S. The average molecular weight is 426 g/mol. The summed E-state index contributed by atoms with van der Waals surface area (Å²) in [4.78, 5) is 0.419. The quantitative estimate of drug-likeness (QED) is 0.366. The van der Waals surface area contributed by atoms with Gasteiger partial charge in [0.05, 0.1) is 5.56 Å². The lowest BCUT2D eigenvalue weighted by Gasteiger charge is -2.16. The maximum absolute atomic E-state index is 10.3. The fourth-order valence-corrected chi connectivity index (χ4v) is 4.09. The molecule has 0 saturated carbocycles. The van der Waals surface area contributed by atoms with Crippen LogP contribution in [0.1, 0.15) is 50.7 Å². The van der Waals surface area contributed by atoms with Crippen LogP contribution in [0.4, 0.5) is 5.69 Å². The third-order valence-electron chi connectivity index (χ3n) is 5.65. The number of hydrogen-bond acceptors (Lipinski definition) is 4. The number of rotatable bonds is 8. The van der Waals surface area contributed by atoms with Crippen LogP contribution < -0.4 is 11.1 Å².